The van der Waals surface area contributed by atoms with Gasteiger partial charge in [0.05, 0.1) is 6.89 Å². The summed E-state index contributed by atoms with van der Waals surface area (Å²) in [6.45, 7) is 0. The molecule has 1 heterocycles. The van der Waals surface area contributed by atoms with E-state index < -0.39 is 0 Å². The van der Waals surface area contributed by atoms with E-state index in [-0.39, 0.29) is 0 Å². The summed E-state index contributed by atoms with van der Waals surface area (Å²) >= 11 is 0. The molecular formula is C9H7N. The lowest BCUT2D eigenvalue weighted by Gasteiger charge is -1.91. The van der Waals surface area contributed by atoms with E-state index in [0.717, 1.165) is 10.9 Å². The Labute approximate surface area is 60.7 Å². The minimum atomic E-state index is 0.538. The van der Waals surface area contributed by atoms with Gasteiger partial charge in [-0.3, -0.25) is 4.98 Å². The van der Waals surface area contributed by atoms with Crippen LogP contribution in [0.2, 0.25) is 0 Å². The smallest absolute Gasteiger partial charge is 0.0701 e. The Hall–Kier alpha value is -1.37. The minimum Gasteiger partial charge on any atom is -0.256 e. The fourth-order valence-corrected chi connectivity index (χ4v) is 0.950. The SMILES string of the molecule is [2H]c1cccc2ncccc12. The van der Waals surface area contributed by atoms with Crippen molar-refractivity contribution in [3.8, 4) is 0 Å². The highest BCUT2D eigenvalue weighted by Gasteiger charge is 1.86. The number of para-hydroxylation sites is 1. The molecule has 0 unspecified atom stereocenters. The van der Waals surface area contributed by atoms with Crippen molar-refractivity contribution in [2.45, 2.75) is 0 Å². The van der Waals surface area contributed by atoms with Crippen LogP contribution in [0.5, 0.6) is 0 Å². The molecule has 0 aliphatic carbocycles. The zero-order valence-corrected chi connectivity index (χ0v) is 5.41. The van der Waals surface area contributed by atoms with Crippen molar-refractivity contribution in [1.82, 2.24) is 4.98 Å². The Morgan fingerprint density at radius 2 is 2.20 bits per heavy atom. The molecule has 48 valence electrons. The van der Waals surface area contributed by atoms with Gasteiger partial charge in [0, 0.05) is 11.6 Å². The Morgan fingerprint density at radius 3 is 3.10 bits per heavy atom. The van der Waals surface area contributed by atoms with Gasteiger partial charge in [-0.15, -0.1) is 0 Å². The van der Waals surface area contributed by atoms with Gasteiger partial charge in [-0.25, -0.2) is 0 Å². The summed E-state index contributed by atoms with van der Waals surface area (Å²) in [5, 5.41) is 0.912. The van der Waals surface area contributed by atoms with E-state index >= 15 is 0 Å². The van der Waals surface area contributed by atoms with E-state index in [4.69, 9.17) is 1.37 Å². The lowest BCUT2D eigenvalue weighted by Crippen LogP contribution is -1.73. The molecular weight excluding hydrogens is 122 g/mol. The molecule has 0 amide bonds. The maximum atomic E-state index is 7.52. The van der Waals surface area contributed by atoms with Gasteiger partial charge >= 0.3 is 0 Å². The average Bonchev–Trinajstić information content (AvgIpc) is 2.06. The second-order valence-corrected chi connectivity index (χ2v) is 2.11. The first-order valence-electron chi connectivity index (χ1n) is 3.68. The Bertz CT molecular complexity index is 379. The fourth-order valence-electron chi connectivity index (χ4n) is 0.950. The largest absolute Gasteiger partial charge is 0.256 e. The van der Waals surface area contributed by atoms with Gasteiger partial charge in [-0.2, -0.15) is 0 Å². The number of benzene rings is 1. The van der Waals surface area contributed by atoms with Crippen molar-refractivity contribution in [2.24, 2.45) is 0 Å². The van der Waals surface area contributed by atoms with E-state index in [1.807, 2.05) is 24.3 Å². The number of aromatic nitrogens is 1. The predicted octanol–water partition coefficient (Wildman–Crippen LogP) is 2.23. The van der Waals surface area contributed by atoms with Crippen molar-refractivity contribution in [1.29, 1.82) is 0 Å². The standard InChI is InChI=1S/C9H7N/c1-2-6-9-8(4-1)5-3-7-10-9/h1-7H/i4D. The third-order valence-corrected chi connectivity index (χ3v) is 1.43. The number of pyridine rings is 1. The summed E-state index contributed by atoms with van der Waals surface area (Å²) in [5.41, 5.74) is 0.889. The van der Waals surface area contributed by atoms with Gasteiger partial charge in [0.15, 0.2) is 0 Å². The van der Waals surface area contributed by atoms with Crippen molar-refractivity contribution in [3.05, 3.63) is 42.6 Å². The maximum Gasteiger partial charge on any atom is 0.0701 e. The molecule has 1 aromatic carbocycles. The molecule has 10 heavy (non-hydrogen) atoms. The highest BCUT2D eigenvalue weighted by molar-refractivity contribution is 5.77. The number of hydrogen-bond acceptors (Lipinski definition) is 1. The monoisotopic (exact) mass is 130 g/mol. The molecule has 0 fully saturated rings. The van der Waals surface area contributed by atoms with Crippen LogP contribution in [0.25, 0.3) is 10.9 Å². The quantitative estimate of drug-likeness (QED) is 0.533. The van der Waals surface area contributed by atoms with E-state index in [0.29, 0.717) is 6.04 Å². The first-order chi connectivity index (χ1) is 5.38. The van der Waals surface area contributed by atoms with E-state index in [2.05, 4.69) is 4.98 Å². The zero-order chi connectivity index (χ0) is 7.68. The summed E-state index contributed by atoms with van der Waals surface area (Å²) in [7, 11) is 0. The highest BCUT2D eigenvalue weighted by atomic mass is 14.6. The highest BCUT2D eigenvalue weighted by Crippen LogP contribution is 2.07. The van der Waals surface area contributed by atoms with Crippen LogP contribution in [0.4, 0.5) is 0 Å². The molecule has 0 saturated heterocycles. The van der Waals surface area contributed by atoms with Crippen LogP contribution in [0.3, 0.4) is 0 Å². The molecule has 0 bridgehead atoms. The summed E-state index contributed by atoms with van der Waals surface area (Å²) < 4.78 is 7.52. The normalized spacial score (nSPS) is 11.4. The van der Waals surface area contributed by atoms with Gasteiger partial charge in [0.1, 0.15) is 0 Å². The van der Waals surface area contributed by atoms with Gasteiger partial charge in [0.25, 0.3) is 0 Å². The average molecular weight is 130 g/mol. The number of rotatable bonds is 0. The van der Waals surface area contributed by atoms with Crippen LogP contribution in [0.1, 0.15) is 1.37 Å². The van der Waals surface area contributed by atoms with Crippen LogP contribution in [0, 0.1) is 0 Å². The maximum absolute atomic E-state index is 7.52. The molecule has 0 radical (unpaired) electrons. The predicted molar refractivity (Wildman–Crippen MR) is 41.7 cm³/mol. The first kappa shape index (κ1) is 4.45. The number of hydrogen-bond donors (Lipinski definition) is 0. The molecule has 0 saturated carbocycles. The van der Waals surface area contributed by atoms with Crippen LogP contribution >= 0.6 is 0 Å². The molecule has 0 aliphatic heterocycles. The molecule has 0 N–H and O–H groups in total. The number of fused-ring (bicyclic) bond motifs is 1. The molecule has 2 rings (SSSR count). The van der Waals surface area contributed by atoms with Crippen molar-refractivity contribution in [2.75, 3.05) is 0 Å². The molecule has 1 aromatic heterocycles. The third-order valence-electron chi connectivity index (χ3n) is 1.43. The van der Waals surface area contributed by atoms with Gasteiger partial charge < -0.3 is 0 Å². The van der Waals surface area contributed by atoms with Gasteiger partial charge in [-0.05, 0) is 12.1 Å². The molecule has 0 spiro atoms. The Kier molecular flexibility index (Phi) is 0.935. The van der Waals surface area contributed by atoms with E-state index in [1.54, 1.807) is 12.3 Å². The Balaban J connectivity index is 2.91. The van der Waals surface area contributed by atoms with Crippen LogP contribution in [-0.2, 0) is 0 Å². The van der Waals surface area contributed by atoms with Gasteiger partial charge in [0.2, 0.25) is 0 Å². The first-order valence-corrected chi connectivity index (χ1v) is 3.18. The molecule has 1 heteroatoms. The van der Waals surface area contributed by atoms with Gasteiger partial charge in [-0.1, -0.05) is 24.2 Å². The minimum absolute atomic E-state index is 0.538. The Morgan fingerprint density at radius 1 is 1.20 bits per heavy atom. The third kappa shape index (κ3) is 0.760. The van der Waals surface area contributed by atoms with Crippen molar-refractivity contribution in [3.63, 3.8) is 0 Å². The molecule has 1 nitrogen and oxygen atoms in total. The van der Waals surface area contributed by atoms with E-state index in [1.165, 1.54) is 0 Å². The lowest BCUT2D eigenvalue weighted by atomic mass is 10.2. The molecule has 0 aliphatic rings. The van der Waals surface area contributed by atoms with E-state index in [9.17, 15) is 0 Å². The lowest BCUT2D eigenvalue weighted by molar-refractivity contribution is 1.41. The van der Waals surface area contributed by atoms with Crippen molar-refractivity contribution < 1.29 is 1.37 Å². The van der Waals surface area contributed by atoms with Crippen LogP contribution < -0.4 is 0 Å². The van der Waals surface area contributed by atoms with Crippen molar-refractivity contribution >= 4 is 10.9 Å². The summed E-state index contributed by atoms with van der Waals surface area (Å²) in [6, 6.07) is 9.82. The molecule has 0 atom stereocenters. The molecule has 2 aromatic rings. The second-order valence-electron chi connectivity index (χ2n) is 2.11. The second kappa shape index (κ2) is 2.10. The fraction of sp³-hybridized carbons (Fsp3) is 0. The number of nitrogens with zero attached hydrogens (tertiary/aromatic N) is 1. The zero-order valence-electron chi connectivity index (χ0n) is 6.41. The van der Waals surface area contributed by atoms with Crippen LogP contribution in [0.15, 0.2) is 42.6 Å². The summed E-state index contributed by atoms with van der Waals surface area (Å²) in [4.78, 5) is 4.12. The summed E-state index contributed by atoms with van der Waals surface area (Å²) in [5.74, 6) is 0. The van der Waals surface area contributed by atoms with Crippen LogP contribution in [-0.4, -0.2) is 4.98 Å². The summed E-state index contributed by atoms with van der Waals surface area (Å²) in [6.07, 6.45) is 1.74. The topological polar surface area (TPSA) is 12.9 Å².